The van der Waals surface area contributed by atoms with E-state index in [-0.39, 0.29) is 11.5 Å². The molecule has 0 bridgehead atoms. The van der Waals surface area contributed by atoms with Crippen molar-refractivity contribution in [3.63, 3.8) is 0 Å². The van der Waals surface area contributed by atoms with E-state index in [9.17, 15) is 10.2 Å². The molecule has 0 saturated carbocycles. The number of fused-ring (bicyclic) bond motifs is 3. The largest absolute Gasteiger partial charge is 0.508 e. The number of hydrogen-bond donors (Lipinski definition) is 3. The number of phenolic OH excluding ortho intramolecular Hbond substituents is 2. The number of hydrogen-bond acceptors (Lipinski definition) is 2. The molecule has 0 spiro atoms. The van der Waals surface area contributed by atoms with Crippen LogP contribution in [0.15, 0.2) is 30.3 Å². The summed E-state index contributed by atoms with van der Waals surface area (Å²) in [5.41, 5.74) is 3.04. The summed E-state index contributed by atoms with van der Waals surface area (Å²) in [4.78, 5) is 3.32. The quantitative estimate of drug-likeness (QED) is 0.606. The van der Waals surface area contributed by atoms with E-state index in [1.807, 2.05) is 12.1 Å². The van der Waals surface area contributed by atoms with Crippen molar-refractivity contribution >= 4 is 21.8 Å². The lowest BCUT2D eigenvalue weighted by Gasteiger charge is -2.07. The fourth-order valence-corrected chi connectivity index (χ4v) is 2.48. The Hall–Kier alpha value is -2.16. The van der Waals surface area contributed by atoms with E-state index < -0.39 is 0 Å². The van der Waals surface area contributed by atoms with Crippen LogP contribution in [0.3, 0.4) is 0 Å². The Kier molecular flexibility index (Phi) is 2.23. The summed E-state index contributed by atoms with van der Waals surface area (Å²) in [6, 6.07) is 8.81. The molecular formula is C15H15NO2. The lowest BCUT2D eigenvalue weighted by molar-refractivity contribution is 0.476. The molecule has 0 aliphatic heterocycles. The zero-order valence-corrected chi connectivity index (χ0v) is 10.4. The van der Waals surface area contributed by atoms with Crippen molar-refractivity contribution in [1.29, 1.82) is 0 Å². The van der Waals surface area contributed by atoms with Crippen molar-refractivity contribution < 1.29 is 10.2 Å². The Morgan fingerprint density at radius 3 is 2.56 bits per heavy atom. The summed E-state index contributed by atoms with van der Waals surface area (Å²) >= 11 is 0. The molecular weight excluding hydrogens is 226 g/mol. The highest BCUT2D eigenvalue weighted by Crippen LogP contribution is 2.37. The van der Waals surface area contributed by atoms with Crippen molar-refractivity contribution in [3.05, 3.63) is 35.9 Å². The highest BCUT2D eigenvalue weighted by atomic mass is 16.3. The van der Waals surface area contributed by atoms with Gasteiger partial charge in [-0.3, -0.25) is 0 Å². The summed E-state index contributed by atoms with van der Waals surface area (Å²) < 4.78 is 0. The minimum absolute atomic E-state index is 0.206. The molecule has 0 fully saturated rings. The Morgan fingerprint density at radius 1 is 1.06 bits per heavy atom. The van der Waals surface area contributed by atoms with Gasteiger partial charge in [0.2, 0.25) is 0 Å². The standard InChI is InChI=1S/C15H15NO2/c1-8(2)10-4-6-13(18)14-11-7-9(17)3-5-12(11)16-15(10)14/h3-8,16-18H,1-2H3. The van der Waals surface area contributed by atoms with E-state index in [4.69, 9.17) is 0 Å². The smallest absolute Gasteiger partial charge is 0.125 e. The SMILES string of the molecule is CC(C)c1ccc(O)c2c1[nH]c1ccc(O)cc12. The molecule has 3 nitrogen and oxygen atoms in total. The van der Waals surface area contributed by atoms with Crippen LogP contribution in [0, 0.1) is 0 Å². The van der Waals surface area contributed by atoms with Crippen LogP contribution in [0.4, 0.5) is 0 Å². The fraction of sp³-hybridized carbons (Fsp3) is 0.200. The molecule has 0 amide bonds. The second-order valence-corrected chi connectivity index (χ2v) is 4.93. The summed E-state index contributed by atoms with van der Waals surface area (Å²) in [6.45, 7) is 4.24. The summed E-state index contributed by atoms with van der Waals surface area (Å²) in [5.74, 6) is 0.818. The summed E-state index contributed by atoms with van der Waals surface area (Å²) in [5, 5.41) is 21.3. The molecule has 3 rings (SSSR count). The van der Waals surface area contributed by atoms with Gasteiger partial charge in [0.05, 0.1) is 5.52 Å². The van der Waals surface area contributed by atoms with Crippen LogP contribution in [-0.2, 0) is 0 Å². The number of aromatic amines is 1. The molecule has 0 radical (unpaired) electrons. The molecule has 3 heteroatoms. The Labute approximate surface area is 105 Å². The normalized spacial score (nSPS) is 11.7. The van der Waals surface area contributed by atoms with E-state index >= 15 is 0 Å². The van der Waals surface area contributed by atoms with Crippen LogP contribution < -0.4 is 0 Å². The number of nitrogens with one attached hydrogen (secondary N) is 1. The van der Waals surface area contributed by atoms with Crippen LogP contribution in [0.2, 0.25) is 0 Å². The number of rotatable bonds is 1. The monoisotopic (exact) mass is 241 g/mol. The predicted octanol–water partition coefficient (Wildman–Crippen LogP) is 3.86. The van der Waals surface area contributed by atoms with Gasteiger partial charge in [-0.25, -0.2) is 0 Å². The zero-order valence-electron chi connectivity index (χ0n) is 10.4. The van der Waals surface area contributed by atoms with Gasteiger partial charge in [0.15, 0.2) is 0 Å². The average Bonchev–Trinajstić information content (AvgIpc) is 2.68. The second kappa shape index (κ2) is 3.67. The molecule has 3 N–H and O–H groups in total. The first-order valence-corrected chi connectivity index (χ1v) is 6.04. The Bertz CT molecular complexity index is 741. The molecule has 1 aromatic heterocycles. The van der Waals surface area contributed by atoms with Crippen molar-refractivity contribution in [3.8, 4) is 11.5 Å². The predicted molar refractivity (Wildman–Crippen MR) is 73.2 cm³/mol. The van der Waals surface area contributed by atoms with Crippen molar-refractivity contribution in [2.75, 3.05) is 0 Å². The van der Waals surface area contributed by atoms with Gasteiger partial charge in [0.1, 0.15) is 11.5 Å². The van der Waals surface area contributed by atoms with E-state index in [1.54, 1.807) is 18.2 Å². The minimum atomic E-state index is 0.206. The molecule has 92 valence electrons. The molecule has 1 heterocycles. The molecule has 3 aromatic rings. The zero-order chi connectivity index (χ0) is 12.9. The fourth-order valence-electron chi connectivity index (χ4n) is 2.48. The maximum absolute atomic E-state index is 10.1. The van der Waals surface area contributed by atoms with Gasteiger partial charge in [0, 0.05) is 16.3 Å². The lowest BCUT2D eigenvalue weighted by Crippen LogP contribution is -1.88. The Morgan fingerprint density at radius 2 is 1.83 bits per heavy atom. The van der Waals surface area contributed by atoms with Crippen molar-refractivity contribution in [2.24, 2.45) is 0 Å². The van der Waals surface area contributed by atoms with Crippen LogP contribution in [-0.4, -0.2) is 15.2 Å². The summed E-state index contributed by atoms with van der Waals surface area (Å²) in [6.07, 6.45) is 0. The minimum Gasteiger partial charge on any atom is -0.508 e. The van der Waals surface area contributed by atoms with E-state index in [1.165, 1.54) is 5.56 Å². The topological polar surface area (TPSA) is 56.2 Å². The molecule has 0 saturated heterocycles. The number of aromatic hydroxyl groups is 2. The molecule has 0 unspecified atom stereocenters. The first-order valence-electron chi connectivity index (χ1n) is 6.04. The highest BCUT2D eigenvalue weighted by molar-refractivity contribution is 6.11. The third-order valence-corrected chi connectivity index (χ3v) is 3.37. The van der Waals surface area contributed by atoms with Crippen LogP contribution in [0.5, 0.6) is 11.5 Å². The van der Waals surface area contributed by atoms with Gasteiger partial charge in [0.25, 0.3) is 0 Å². The third-order valence-electron chi connectivity index (χ3n) is 3.37. The molecule has 2 aromatic carbocycles. The van der Waals surface area contributed by atoms with Gasteiger partial charge in [-0.15, -0.1) is 0 Å². The van der Waals surface area contributed by atoms with Gasteiger partial charge in [-0.2, -0.15) is 0 Å². The maximum Gasteiger partial charge on any atom is 0.125 e. The van der Waals surface area contributed by atoms with Gasteiger partial charge >= 0.3 is 0 Å². The van der Waals surface area contributed by atoms with Crippen LogP contribution in [0.25, 0.3) is 21.8 Å². The van der Waals surface area contributed by atoms with Gasteiger partial charge in [-0.1, -0.05) is 19.9 Å². The number of aromatic nitrogens is 1. The van der Waals surface area contributed by atoms with Crippen molar-refractivity contribution in [1.82, 2.24) is 4.98 Å². The maximum atomic E-state index is 10.1. The highest BCUT2D eigenvalue weighted by Gasteiger charge is 2.14. The number of phenols is 2. The molecule has 18 heavy (non-hydrogen) atoms. The number of H-pyrrole nitrogens is 1. The molecule has 0 aliphatic carbocycles. The third kappa shape index (κ3) is 1.44. The first-order chi connectivity index (χ1) is 8.58. The van der Waals surface area contributed by atoms with E-state index in [0.717, 1.165) is 21.8 Å². The van der Waals surface area contributed by atoms with Gasteiger partial charge < -0.3 is 15.2 Å². The van der Waals surface area contributed by atoms with E-state index in [2.05, 4.69) is 18.8 Å². The number of benzene rings is 2. The second-order valence-electron chi connectivity index (χ2n) is 4.93. The Balaban J connectivity index is 2.52. The summed E-state index contributed by atoms with van der Waals surface area (Å²) in [7, 11) is 0. The van der Waals surface area contributed by atoms with Gasteiger partial charge in [-0.05, 0) is 35.7 Å². The van der Waals surface area contributed by atoms with Crippen molar-refractivity contribution in [2.45, 2.75) is 19.8 Å². The first kappa shape index (κ1) is 11.0. The lowest BCUT2D eigenvalue weighted by atomic mass is 9.99. The molecule has 0 aliphatic rings. The average molecular weight is 241 g/mol. The molecule has 0 atom stereocenters. The van der Waals surface area contributed by atoms with Crippen LogP contribution >= 0.6 is 0 Å². The van der Waals surface area contributed by atoms with E-state index in [0.29, 0.717) is 5.92 Å². The van der Waals surface area contributed by atoms with Crippen LogP contribution in [0.1, 0.15) is 25.3 Å².